The maximum absolute atomic E-state index is 14.9. The van der Waals surface area contributed by atoms with Crippen LogP contribution in [0, 0.1) is 23.0 Å². The van der Waals surface area contributed by atoms with E-state index in [9.17, 15) is 17.2 Å². The first-order valence-corrected chi connectivity index (χ1v) is 14.2. The van der Waals surface area contributed by atoms with Crippen LogP contribution in [0.4, 0.5) is 8.78 Å². The highest BCUT2D eigenvalue weighted by Crippen LogP contribution is 2.41. The molecule has 1 aromatic carbocycles. The van der Waals surface area contributed by atoms with E-state index < -0.39 is 21.7 Å². The van der Waals surface area contributed by atoms with Gasteiger partial charge in [-0.25, -0.2) is 31.2 Å². The molecule has 192 valence electrons. The number of benzene rings is 1. The van der Waals surface area contributed by atoms with Crippen LogP contribution in [0.25, 0.3) is 21.8 Å². The van der Waals surface area contributed by atoms with Gasteiger partial charge >= 0.3 is 0 Å². The molecule has 0 unspecified atom stereocenters. The molecule has 0 aliphatic carbocycles. The van der Waals surface area contributed by atoms with Gasteiger partial charge < -0.3 is 0 Å². The molecule has 0 bridgehead atoms. The summed E-state index contributed by atoms with van der Waals surface area (Å²) in [7, 11) is -1.65. The Hall–Kier alpha value is -2.83. The van der Waals surface area contributed by atoms with Crippen molar-refractivity contribution in [1.29, 1.82) is 5.41 Å². The Labute approximate surface area is 212 Å². The van der Waals surface area contributed by atoms with E-state index in [1.54, 1.807) is 19.2 Å². The lowest BCUT2D eigenvalue weighted by atomic mass is 9.99. The molecule has 36 heavy (non-hydrogen) atoms. The predicted octanol–water partition coefficient (Wildman–Crippen LogP) is 4.10. The highest BCUT2D eigenvalue weighted by Gasteiger charge is 2.30. The zero-order chi connectivity index (χ0) is 26.2. The third kappa shape index (κ3) is 5.30. The second-order valence-corrected chi connectivity index (χ2v) is 12.1. The van der Waals surface area contributed by atoms with E-state index in [1.807, 2.05) is 13.8 Å². The summed E-state index contributed by atoms with van der Waals surface area (Å²) in [5.74, 6) is -1.27. The molecule has 1 aliphatic heterocycles. The molecule has 0 amide bonds. The number of piperidine rings is 1. The van der Waals surface area contributed by atoms with Gasteiger partial charge in [0.15, 0.2) is 5.49 Å². The van der Waals surface area contributed by atoms with E-state index in [-0.39, 0.29) is 23.2 Å². The highest BCUT2D eigenvalue weighted by molar-refractivity contribution is 7.88. The van der Waals surface area contributed by atoms with Crippen LogP contribution in [0.5, 0.6) is 0 Å². The Kier molecular flexibility index (Phi) is 7.48. The molecule has 1 aliphatic rings. The number of nitrogens with zero attached hydrogens (tertiary/aromatic N) is 5. The number of thiazole rings is 1. The van der Waals surface area contributed by atoms with Gasteiger partial charge in [-0.1, -0.05) is 13.8 Å². The summed E-state index contributed by atoms with van der Waals surface area (Å²) < 4.78 is 55.3. The Morgan fingerprint density at radius 2 is 1.89 bits per heavy atom. The zero-order valence-electron chi connectivity index (χ0n) is 20.5. The van der Waals surface area contributed by atoms with Gasteiger partial charge in [0.1, 0.15) is 23.2 Å². The van der Waals surface area contributed by atoms with Crippen LogP contribution in [0.15, 0.2) is 35.3 Å². The van der Waals surface area contributed by atoms with Crippen molar-refractivity contribution in [3.8, 4) is 21.8 Å². The van der Waals surface area contributed by atoms with Gasteiger partial charge in [-0.15, -0.1) is 11.3 Å². The number of halogens is 2. The standard InChI is InChI=1S/C24H28F2N6O2S2/c1-14(2)23(27)32-20(28-3)8-7-19(30-32)22-21(17-6-5-16(25)13-18(17)26)29-24(35-22)15-9-11-31(12-10-15)36(4,33)34/h5-8,13-15,27H,9-12H2,1-4H3. The van der Waals surface area contributed by atoms with Gasteiger partial charge in [0.25, 0.3) is 0 Å². The van der Waals surface area contributed by atoms with Gasteiger partial charge in [0.2, 0.25) is 10.0 Å². The molecule has 3 aromatic rings. The average Bonchev–Trinajstić information content (AvgIpc) is 3.27. The summed E-state index contributed by atoms with van der Waals surface area (Å²) >= 11 is 1.36. The van der Waals surface area contributed by atoms with Gasteiger partial charge in [-0.05, 0) is 37.1 Å². The summed E-state index contributed by atoms with van der Waals surface area (Å²) in [6.45, 7) is 4.54. The Balaban J connectivity index is 1.83. The molecule has 1 N–H and O–H groups in total. The molecular weight excluding hydrogens is 506 g/mol. The molecule has 8 nitrogen and oxygen atoms in total. The van der Waals surface area contributed by atoms with Crippen LogP contribution < -0.4 is 5.49 Å². The lowest BCUT2D eigenvalue weighted by molar-refractivity contribution is 0.321. The van der Waals surface area contributed by atoms with E-state index in [0.29, 0.717) is 47.7 Å². The fourth-order valence-electron chi connectivity index (χ4n) is 4.11. The second-order valence-electron chi connectivity index (χ2n) is 9.04. The predicted molar refractivity (Wildman–Crippen MR) is 137 cm³/mol. The Bertz CT molecular complexity index is 1470. The summed E-state index contributed by atoms with van der Waals surface area (Å²) in [5.41, 5.74) is 1.49. The number of hydrogen-bond acceptors (Lipinski definition) is 7. The summed E-state index contributed by atoms with van der Waals surface area (Å²) in [5, 5.41) is 13.9. The first-order valence-electron chi connectivity index (χ1n) is 11.5. The zero-order valence-corrected chi connectivity index (χ0v) is 22.1. The molecular formula is C24H28F2N6O2S2. The van der Waals surface area contributed by atoms with Gasteiger partial charge in [0, 0.05) is 43.6 Å². The fraction of sp³-hybridized carbons (Fsp3) is 0.417. The number of nitrogens with one attached hydrogen (secondary N) is 1. The van der Waals surface area contributed by atoms with Crippen LogP contribution >= 0.6 is 11.3 Å². The maximum atomic E-state index is 14.9. The monoisotopic (exact) mass is 534 g/mol. The lowest BCUT2D eigenvalue weighted by Gasteiger charge is -2.29. The largest absolute Gasteiger partial charge is 0.286 e. The van der Waals surface area contributed by atoms with Crippen molar-refractivity contribution in [2.45, 2.75) is 32.6 Å². The molecule has 2 aromatic heterocycles. The van der Waals surface area contributed by atoms with E-state index in [4.69, 9.17) is 10.4 Å². The fourth-order valence-corrected chi connectivity index (χ4v) is 6.20. The molecule has 12 heteroatoms. The maximum Gasteiger partial charge on any atom is 0.211 e. The minimum Gasteiger partial charge on any atom is -0.286 e. The van der Waals surface area contributed by atoms with E-state index >= 15 is 0 Å². The normalized spacial score (nSPS) is 16.1. The Morgan fingerprint density at radius 1 is 1.19 bits per heavy atom. The quantitative estimate of drug-likeness (QED) is 0.393. The van der Waals surface area contributed by atoms with Crippen molar-refractivity contribution in [2.24, 2.45) is 10.9 Å². The van der Waals surface area contributed by atoms with Gasteiger partial charge in [-0.3, -0.25) is 10.4 Å². The lowest BCUT2D eigenvalue weighted by Crippen LogP contribution is -2.37. The SMILES string of the molecule is CN=c1ccc(-c2sc(C3CCN(S(C)(=O)=O)CC3)nc2-c2ccc(F)cc2F)nn1C(=N)C(C)C. The van der Waals surface area contributed by atoms with Crippen molar-refractivity contribution in [1.82, 2.24) is 19.1 Å². The van der Waals surface area contributed by atoms with Crippen molar-refractivity contribution in [3.63, 3.8) is 0 Å². The summed E-state index contributed by atoms with van der Waals surface area (Å²) in [6, 6.07) is 6.87. The van der Waals surface area contributed by atoms with Crippen LogP contribution in [0.3, 0.4) is 0 Å². The smallest absolute Gasteiger partial charge is 0.211 e. The van der Waals surface area contributed by atoms with Crippen molar-refractivity contribution < 1.29 is 17.2 Å². The average molecular weight is 535 g/mol. The third-order valence-corrected chi connectivity index (χ3v) is 8.70. The molecule has 0 atom stereocenters. The number of rotatable bonds is 5. The summed E-state index contributed by atoms with van der Waals surface area (Å²) in [4.78, 5) is 9.57. The van der Waals surface area contributed by atoms with Crippen LogP contribution in [-0.4, -0.2) is 59.7 Å². The summed E-state index contributed by atoms with van der Waals surface area (Å²) in [6.07, 6.45) is 2.38. The topological polar surface area (TPSA) is 104 Å². The van der Waals surface area contributed by atoms with Crippen LogP contribution in [0.2, 0.25) is 0 Å². The van der Waals surface area contributed by atoms with Gasteiger partial charge in [-0.2, -0.15) is 5.10 Å². The van der Waals surface area contributed by atoms with Crippen molar-refractivity contribution >= 4 is 27.2 Å². The Morgan fingerprint density at radius 3 is 2.47 bits per heavy atom. The number of aromatic nitrogens is 3. The number of sulfonamides is 1. The molecule has 1 saturated heterocycles. The second kappa shape index (κ2) is 10.3. The molecule has 0 spiro atoms. The van der Waals surface area contributed by atoms with E-state index in [1.165, 1.54) is 38.7 Å². The molecule has 4 rings (SSSR count). The number of hydrogen-bond donors (Lipinski definition) is 1. The van der Waals surface area contributed by atoms with E-state index in [0.717, 1.165) is 11.1 Å². The molecule has 1 fully saturated rings. The molecule has 0 saturated carbocycles. The van der Waals surface area contributed by atoms with E-state index in [2.05, 4.69) is 10.1 Å². The highest BCUT2D eigenvalue weighted by atomic mass is 32.2. The van der Waals surface area contributed by atoms with Crippen LogP contribution in [0.1, 0.15) is 37.6 Å². The first kappa shape index (κ1) is 26.2. The van der Waals surface area contributed by atoms with Crippen molar-refractivity contribution in [3.05, 3.63) is 52.5 Å². The van der Waals surface area contributed by atoms with Crippen LogP contribution in [-0.2, 0) is 10.0 Å². The minimum absolute atomic E-state index is 0.00462. The molecule has 0 radical (unpaired) electrons. The van der Waals surface area contributed by atoms with Crippen molar-refractivity contribution in [2.75, 3.05) is 26.4 Å². The third-order valence-electron chi connectivity index (χ3n) is 6.15. The van der Waals surface area contributed by atoms with Gasteiger partial charge in [0.05, 0.1) is 21.8 Å². The molecule has 3 heterocycles. The first-order chi connectivity index (χ1) is 17.0. The minimum atomic E-state index is -3.27.